The maximum Gasteiger partial charge on any atom is 0.132 e. The number of thiophene rings is 1. The van der Waals surface area contributed by atoms with Crippen LogP contribution in [0.25, 0.3) is 10.1 Å². The SMILES string of the molecule is COc1ccc2scc(C)c2c1S. The lowest BCUT2D eigenvalue weighted by molar-refractivity contribution is 0.406. The number of rotatable bonds is 1. The van der Waals surface area contributed by atoms with Crippen LogP contribution in [0.15, 0.2) is 22.4 Å². The van der Waals surface area contributed by atoms with E-state index in [1.807, 2.05) is 6.07 Å². The number of aryl methyl sites for hydroxylation is 1. The number of hydrogen-bond donors (Lipinski definition) is 1. The summed E-state index contributed by atoms with van der Waals surface area (Å²) in [5.41, 5.74) is 1.27. The highest BCUT2D eigenvalue weighted by Gasteiger charge is 2.07. The normalized spacial score (nSPS) is 10.7. The molecule has 2 aromatic rings. The third-order valence-electron chi connectivity index (χ3n) is 2.08. The van der Waals surface area contributed by atoms with E-state index in [0.717, 1.165) is 10.6 Å². The molecule has 0 unspecified atom stereocenters. The van der Waals surface area contributed by atoms with Crippen molar-refractivity contribution in [3.05, 3.63) is 23.1 Å². The molecule has 0 N–H and O–H groups in total. The minimum absolute atomic E-state index is 0.845. The predicted octanol–water partition coefficient (Wildman–Crippen LogP) is 3.51. The molecule has 0 bridgehead atoms. The third kappa shape index (κ3) is 1.32. The monoisotopic (exact) mass is 210 g/mol. The van der Waals surface area contributed by atoms with Crippen molar-refractivity contribution in [2.45, 2.75) is 11.8 Å². The van der Waals surface area contributed by atoms with Crippen LogP contribution in [0, 0.1) is 6.92 Å². The molecular formula is C10H10OS2. The molecule has 0 spiro atoms. The van der Waals surface area contributed by atoms with Gasteiger partial charge in [-0.2, -0.15) is 0 Å². The molecule has 0 aliphatic rings. The molecule has 0 aliphatic heterocycles. The summed E-state index contributed by atoms with van der Waals surface area (Å²) in [5.74, 6) is 0.845. The summed E-state index contributed by atoms with van der Waals surface area (Å²) in [7, 11) is 1.67. The largest absolute Gasteiger partial charge is 0.496 e. The molecule has 0 radical (unpaired) electrons. The lowest BCUT2D eigenvalue weighted by atomic mass is 10.2. The molecule has 2 rings (SSSR count). The van der Waals surface area contributed by atoms with Crippen molar-refractivity contribution in [3.63, 3.8) is 0 Å². The summed E-state index contributed by atoms with van der Waals surface area (Å²) >= 11 is 6.20. The number of methoxy groups -OCH3 is 1. The van der Waals surface area contributed by atoms with Crippen molar-refractivity contribution in [1.29, 1.82) is 0 Å². The zero-order chi connectivity index (χ0) is 9.42. The molecule has 13 heavy (non-hydrogen) atoms. The van der Waals surface area contributed by atoms with Crippen molar-refractivity contribution in [3.8, 4) is 5.75 Å². The van der Waals surface area contributed by atoms with Gasteiger partial charge >= 0.3 is 0 Å². The number of benzene rings is 1. The second-order valence-electron chi connectivity index (χ2n) is 2.91. The zero-order valence-corrected chi connectivity index (χ0v) is 9.21. The first kappa shape index (κ1) is 8.91. The molecule has 1 heterocycles. The molecule has 0 amide bonds. The van der Waals surface area contributed by atoms with Crippen molar-refractivity contribution < 1.29 is 4.74 Å². The van der Waals surface area contributed by atoms with Crippen molar-refractivity contribution in [1.82, 2.24) is 0 Å². The van der Waals surface area contributed by atoms with Crippen LogP contribution >= 0.6 is 24.0 Å². The van der Waals surface area contributed by atoms with Crippen LogP contribution in [0.2, 0.25) is 0 Å². The van der Waals surface area contributed by atoms with E-state index < -0.39 is 0 Å². The molecule has 0 atom stereocenters. The van der Waals surface area contributed by atoms with Crippen LogP contribution in [0.5, 0.6) is 5.75 Å². The number of hydrogen-bond acceptors (Lipinski definition) is 3. The Balaban J connectivity index is 2.83. The molecule has 0 aliphatic carbocycles. The van der Waals surface area contributed by atoms with Crippen LogP contribution in [-0.4, -0.2) is 7.11 Å². The van der Waals surface area contributed by atoms with E-state index in [2.05, 4.69) is 31.0 Å². The van der Waals surface area contributed by atoms with Gasteiger partial charge in [-0.15, -0.1) is 24.0 Å². The van der Waals surface area contributed by atoms with E-state index in [9.17, 15) is 0 Å². The maximum absolute atomic E-state index is 5.21. The Morgan fingerprint density at radius 3 is 2.85 bits per heavy atom. The van der Waals surface area contributed by atoms with Gasteiger partial charge in [-0.1, -0.05) is 0 Å². The minimum atomic E-state index is 0.845. The molecule has 0 saturated heterocycles. The molecule has 0 saturated carbocycles. The van der Waals surface area contributed by atoms with Crippen molar-refractivity contribution in [2.24, 2.45) is 0 Å². The number of fused-ring (bicyclic) bond motifs is 1. The Morgan fingerprint density at radius 1 is 1.38 bits per heavy atom. The fraction of sp³-hybridized carbons (Fsp3) is 0.200. The van der Waals surface area contributed by atoms with Crippen LogP contribution in [-0.2, 0) is 0 Å². The Morgan fingerprint density at radius 2 is 2.15 bits per heavy atom. The highest BCUT2D eigenvalue weighted by molar-refractivity contribution is 7.80. The van der Waals surface area contributed by atoms with Gasteiger partial charge < -0.3 is 4.74 Å². The predicted molar refractivity (Wildman–Crippen MR) is 60.4 cm³/mol. The summed E-state index contributed by atoms with van der Waals surface area (Å²) < 4.78 is 6.47. The summed E-state index contributed by atoms with van der Waals surface area (Å²) in [5, 5.41) is 3.36. The second kappa shape index (κ2) is 3.24. The Kier molecular flexibility index (Phi) is 2.22. The summed E-state index contributed by atoms with van der Waals surface area (Å²) in [6, 6.07) is 4.03. The van der Waals surface area contributed by atoms with Gasteiger partial charge in [-0.05, 0) is 30.0 Å². The molecule has 1 aromatic heterocycles. The van der Waals surface area contributed by atoms with Crippen LogP contribution in [0.1, 0.15) is 5.56 Å². The van der Waals surface area contributed by atoms with Crippen LogP contribution in [0.4, 0.5) is 0 Å². The molecule has 1 aromatic carbocycles. The van der Waals surface area contributed by atoms with E-state index in [-0.39, 0.29) is 0 Å². The lowest BCUT2D eigenvalue weighted by Gasteiger charge is -2.04. The molecule has 68 valence electrons. The molecule has 3 heteroatoms. The van der Waals surface area contributed by atoms with E-state index in [0.29, 0.717) is 0 Å². The van der Waals surface area contributed by atoms with Gasteiger partial charge in [0, 0.05) is 10.1 Å². The molecule has 0 fully saturated rings. The number of ether oxygens (including phenoxy) is 1. The van der Waals surface area contributed by atoms with Crippen LogP contribution in [0.3, 0.4) is 0 Å². The van der Waals surface area contributed by atoms with E-state index in [4.69, 9.17) is 4.74 Å². The fourth-order valence-corrected chi connectivity index (χ4v) is 2.90. The highest BCUT2D eigenvalue weighted by atomic mass is 32.1. The second-order valence-corrected chi connectivity index (χ2v) is 4.27. The first-order valence-corrected chi connectivity index (χ1v) is 5.30. The van der Waals surface area contributed by atoms with Gasteiger partial charge in [0.25, 0.3) is 0 Å². The minimum Gasteiger partial charge on any atom is -0.496 e. The van der Waals surface area contributed by atoms with Gasteiger partial charge in [-0.25, -0.2) is 0 Å². The average molecular weight is 210 g/mol. The van der Waals surface area contributed by atoms with Crippen LogP contribution < -0.4 is 4.74 Å². The van der Waals surface area contributed by atoms with E-state index in [1.54, 1.807) is 18.4 Å². The van der Waals surface area contributed by atoms with Gasteiger partial charge in [0.2, 0.25) is 0 Å². The van der Waals surface area contributed by atoms with Gasteiger partial charge in [-0.3, -0.25) is 0 Å². The zero-order valence-electron chi connectivity index (χ0n) is 7.50. The van der Waals surface area contributed by atoms with E-state index >= 15 is 0 Å². The Labute approximate surface area is 86.8 Å². The van der Waals surface area contributed by atoms with E-state index in [1.165, 1.54) is 15.6 Å². The highest BCUT2D eigenvalue weighted by Crippen LogP contribution is 2.36. The van der Waals surface area contributed by atoms with Crippen molar-refractivity contribution >= 4 is 34.1 Å². The molecular weight excluding hydrogens is 200 g/mol. The molecule has 1 nitrogen and oxygen atoms in total. The third-order valence-corrected chi connectivity index (χ3v) is 3.59. The van der Waals surface area contributed by atoms with Gasteiger partial charge in [0.1, 0.15) is 5.75 Å². The fourth-order valence-electron chi connectivity index (χ4n) is 1.41. The topological polar surface area (TPSA) is 9.23 Å². The lowest BCUT2D eigenvalue weighted by Crippen LogP contribution is -1.84. The maximum atomic E-state index is 5.21. The Hall–Kier alpha value is -0.670. The quantitative estimate of drug-likeness (QED) is 0.709. The van der Waals surface area contributed by atoms with Gasteiger partial charge in [0.15, 0.2) is 0 Å². The van der Waals surface area contributed by atoms with Crippen molar-refractivity contribution in [2.75, 3.05) is 7.11 Å². The summed E-state index contributed by atoms with van der Waals surface area (Å²) in [6.45, 7) is 2.10. The Bertz CT molecular complexity index is 445. The summed E-state index contributed by atoms with van der Waals surface area (Å²) in [4.78, 5) is 0.943. The standard InChI is InChI=1S/C10H10OS2/c1-6-5-13-8-4-3-7(11-2)10(12)9(6)8/h3-5,12H,1-2H3. The summed E-state index contributed by atoms with van der Waals surface area (Å²) in [6.07, 6.45) is 0. The first-order chi connectivity index (χ1) is 6.24. The van der Waals surface area contributed by atoms with Gasteiger partial charge in [0.05, 0.1) is 12.0 Å². The smallest absolute Gasteiger partial charge is 0.132 e. The first-order valence-electron chi connectivity index (χ1n) is 3.98. The average Bonchev–Trinajstić information content (AvgIpc) is 2.49. The number of thiol groups is 1.